The highest BCUT2D eigenvalue weighted by atomic mass is 16.5. The molecule has 1 aromatic carbocycles. The van der Waals surface area contributed by atoms with Crippen molar-refractivity contribution < 1.29 is 4.74 Å². The second-order valence-corrected chi connectivity index (χ2v) is 6.71. The highest BCUT2D eigenvalue weighted by Crippen LogP contribution is 2.35. The van der Waals surface area contributed by atoms with Crippen LogP contribution in [0.2, 0.25) is 0 Å². The zero-order valence-corrected chi connectivity index (χ0v) is 13.9. The molecule has 1 saturated heterocycles. The standard InChI is InChI=1S/C19H25N3O/c1-23-11-10-21-8-3-5-17(14-21)22-9-7-16-13-20-12-15-4-2-6-18(22)19(15)16/h2,4,6,12-13,17H,3,5,7-11,14H2,1H3. The first-order valence-corrected chi connectivity index (χ1v) is 8.70. The summed E-state index contributed by atoms with van der Waals surface area (Å²) in [6.45, 7) is 5.35. The van der Waals surface area contributed by atoms with Gasteiger partial charge >= 0.3 is 0 Å². The quantitative estimate of drug-likeness (QED) is 0.868. The van der Waals surface area contributed by atoms with Crippen LogP contribution in [0.3, 0.4) is 0 Å². The number of rotatable bonds is 4. The summed E-state index contributed by atoms with van der Waals surface area (Å²) in [7, 11) is 1.79. The van der Waals surface area contributed by atoms with Crippen molar-refractivity contribution in [1.82, 2.24) is 9.88 Å². The first-order chi connectivity index (χ1) is 11.4. The molecule has 23 heavy (non-hydrogen) atoms. The van der Waals surface area contributed by atoms with Gasteiger partial charge in [0.2, 0.25) is 0 Å². The Kier molecular flexibility index (Phi) is 4.19. The molecule has 0 radical (unpaired) electrons. The van der Waals surface area contributed by atoms with Crippen LogP contribution in [-0.2, 0) is 11.2 Å². The van der Waals surface area contributed by atoms with Crippen molar-refractivity contribution in [1.29, 1.82) is 0 Å². The number of benzene rings is 1. The number of pyridine rings is 1. The van der Waals surface area contributed by atoms with E-state index in [2.05, 4.69) is 39.2 Å². The van der Waals surface area contributed by atoms with Crippen molar-refractivity contribution in [2.24, 2.45) is 0 Å². The number of anilines is 1. The Labute approximate surface area is 138 Å². The summed E-state index contributed by atoms with van der Waals surface area (Å²) in [4.78, 5) is 9.60. The third-order valence-corrected chi connectivity index (χ3v) is 5.30. The molecule has 3 heterocycles. The van der Waals surface area contributed by atoms with Crippen LogP contribution in [-0.4, -0.2) is 55.8 Å². The third-order valence-electron chi connectivity index (χ3n) is 5.30. The second-order valence-electron chi connectivity index (χ2n) is 6.71. The van der Waals surface area contributed by atoms with Crippen LogP contribution < -0.4 is 4.90 Å². The van der Waals surface area contributed by atoms with E-state index in [1.807, 2.05) is 6.20 Å². The number of methoxy groups -OCH3 is 1. The predicted octanol–water partition coefficient (Wildman–Crippen LogP) is 2.71. The number of nitrogens with zero attached hydrogens (tertiary/aromatic N) is 3. The van der Waals surface area contributed by atoms with Crippen LogP contribution in [0.15, 0.2) is 30.6 Å². The van der Waals surface area contributed by atoms with Crippen molar-refractivity contribution in [2.75, 3.05) is 44.8 Å². The molecule has 2 aliphatic heterocycles. The summed E-state index contributed by atoms with van der Waals surface area (Å²) in [6.07, 6.45) is 7.73. The van der Waals surface area contributed by atoms with Gasteiger partial charge in [-0.05, 0) is 37.4 Å². The summed E-state index contributed by atoms with van der Waals surface area (Å²) in [5, 5.41) is 2.69. The molecule has 1 fully saturated rings. The first-order valence-electron chi connectivity index (χ1n) is 8.70. The van der Waals surface area contributed by atoms with Gasteiger partial charge in [-0.2, -0.15) is 0 Å². The van der Waals surface area contributed by atoms with Crippen molar-refractivity contribution in [3.63, 3.8) is 0 Å². The van der Waals surface area contributed by atoms with Gasteiger partial charge in [-0.25, -0.2) is 0 Å². The number of aromatic nitrogens is 1. The van der Waals surface area contributed by atoms with Gasteiger partial charge in [0.15, 0.2) is 0 Å². The summed E-state index contributed by atoms with van der Waals surface area (Å²) in [6, 6.07) is 7.27. The molecule has 4 nitrogen and oxygen atoms in total. The Morgan fingerprint density at radius 1 is 1.26 bits per heavy atom. The fourth-order valence-corrected chi connectivity index (χ4v) is 4.17. The Balaban J connectivity index is 1.62. The molecule has 1 atom stereocenters. The van der Waals surface area contributed by atoms with E-state index in [-0.39, 0.29) is 0 Å². The highest BCUT2D eigenvalue weighted by Gasteiger charge is 2.28. The molecule has 0 saturated carbocycles. The molecule has 0 bridgehead atoms. The Bertz CT molecular complexity index is 682. The lowest BCUT2D eigenvalue weighted by molar-refractivity contribution is 0.127. The number of hydrogen-bond acceptors (Lipinski definition) is 4. The number of likely N-dealkylation sites (tertiary alicyclic amines) is 1. The summed E-state index contributed by atoms with van der Waals surface area (Å²) in [5.74, 6) is 0. The maximum absolute atomic E-state index is 5.26. The molecule has 0 aliphatic carbocycles. The summed E-state index contributed by atoms with van der Waals surface area (Å²) >= 11 is 0. The van der Waals surface area contributed by atoms with Crippen LogP contribution >= 0.6 is 0 Å². The van der Waals surface area contributed by atoms with Crippen molar-refractivity contribution in [3.05, 3.63) is 36.2 Å². The molecule has 1 aromatic heterocycles. The van der Waals surface area contributed by atoms with Crippen LogP contribution in [0, 0.1) is 0 Å². The topological polar surface area (TPSA) is 28.6 Å². The van der Waals surface area contributed by atoms with E-state index in [0.29, 0.717) is 6.04 Å². The summed E-state index contributed by atoms with van der Waals surface area (Å²) in [5.41, 5.74) is 2.81. The van der Waals surface area contributed by atoms with E-state index in [0.717, 1.165) is 32.7 Å². The zero-order chi connectivity index (χ0) is 15.6. The summed E-state index contributed by atoms with van der Waals surface area (Å²) < 4.78 is 5.26. The lowest BCUT2D eigenvalue weighted by Gasteiger charge is -2.42. The smallest absolute Gasteiger partial charge is 0.0589 e. The van der Waals surface area contributed by atoms with E-state index in [1.54, 1.807) is 7.11 Å². The molecule has 0 N–H and O–H groups in total. The molecule has 2 aliphatic rings. The van der Waals surface area contributed by atoms with Crippen LogP contribution in [0.5, 0.6) is 0 Å². The maximum atomic E-state index is 5.26. The Morgan fingerprint density at radius 2 is 2.22 bits per heavy atom. The number of hydrogen-bond donors (Lipinski definition) is 0. The minimum Gasteiger partial charge on any atom is -0.383 e. The van der Waals surface area contributed by atoms with Crippen molar-refractivity contribution in [2.45, 2.75) is 25.3 Å². The van der Waals surface area contributed by atoms with E-state index < -0.39 is 0 Å². The molecule has 2 aromatic rings. The average molecular weight is 311 g/mol. The van der Waals surface area contributed by atoms with Gasteiger partial charge in [0.05, 0.1) is 6.61 Å². The number of piperidine rings is 1. The zero-order valence-electron chi connectivity index (χ0n) is 13.9. The second kappa shape index (κ2) is 6.46. The van der Waals surface area contributed by atoms with Crippen LogP contribution in [0.1, 0.15) is 18.4 Å². The maximum Gasteiger partial charge on any atom is 0.0589 e. The van der Waals surface area contributed by atoms with Crippen LogP contribution in [0.25, 0.3) is 10.8 Å². The van der Waals surface area contributed by atoms with Crippen LogP contribution in [0.4, 0.5) is 5.69 Å². The van der Waals surface area contributed by atoms with Crippen molar-refractivity contribution in [3.8, 4) is 0 Å². The molecule has 0 amide bonds. The minimum absolute atomic E-state index is 0.618. The Hall–Kier alpha value is -1.65. The predicted molar refractivity (Wildman–Crippen MR) is 94.1 cm³/mol. The lowest BCUT2D eigenvalue weighted by Crippen LogP contribution is -2.50. The van der Waals surface area contributed by atoms with Crippen molar-refractivity contribution >= 4 is 16.5 Å². The highest BCUT2D eigenvalue weighted by molar-refractivity contribution is 5.97. The fourth-order valence-electron chi connectivity index (χ4n) is 4.17. The molecule has 122 valence electrons. The van der Waals surface area contributed by atoms with Gasteiger partial charge in [0, 0.05) is 61.6 Å². The van der Waals surface area contributed by atoms with Gasteiger partial charge in [0.1, 0.15) is 0 Å². The van der Waals surface area contributed by atoms with E-state index >= 15 is 0 Å². The lowest BCUT2D eigenvalue weighted by atomic mass is 9.95. The normalized spacial score (nSPS) is 21.8. The first kappa shape index (κ1) is 14.9. The molecule has 0 spiro atoms. The van der Waals surface area contributed by atoms with E-state index in [9.17, 15) is 0 Å². The number of ether oxygens (including phenoxy) is 1. The average Bonchev–Trinajstić information content (AvgIpc) is 2.61. The Morgan fingerprint density at radius 3 is 3.13 bits per heavy atom. The van der Waals surface area contributed by atoms with E-state index in [4.69, 9.17) is 4.74 Å². The molecule has 1 unspecified atom stereocenters. The van der Waals surface area contributed by atoms with Gasteiger partial charge in [-0.15, -0.1) is 0 Å². The van der Waals surface area contributed by atoms with Gasteiger partial charge in [-0.3, -0.25) is 9.88 Å². The van der Waals surface area contributed by atoms with Gasteiger partial charge in [-0.1, -0.05) is 12.1 Å². The molecular weight excluding hydrogens is 286 g/mol. The monoisotopic (exact) mass is 311 g/mol. The third kappa shape index (κ3) is 2.81. The minimum atomic E-state index is 0.618. The van der Waals surface area contributed by atoms with Gasteiger partial charge < -0.3 is 9.64 Å². The SMILES string of the molecule is COCCN1CCCC(N2CCc3cncc4cccc2c34)C1. The van der Waals surface area contributed by atoms with E-state index in [1.165, 1.54) is 41.4 Å². The molecule has 4 heteroatoms. The fraction of sp³-hybridized carbons (Fsp3) is 0.526. The molecule has 4 rings (SSSR count). The van der Waals surface area contributed by atoms with Gasteiger partial charge in [0.25, 0.3) is 0 Å². The molecular formula is C19H25N3O. The largest absolute Gasteiger partial charge is 0.383 e.